The van der Waals surface area contributed by atoms with Gasteiger partial charge in [-0.05, 0) is 19.2 Å². The number of ether oxygens (including phenoxy) is 3. The fourth-order valence-electron chi connectivity index (χ4n) is 1.32. The zero-order valence-electron chi connectivity index (χ0n) is 10.6. The Kier molecular flexibility index (Phi) is 7.18. The van der Waals surface area contributed by atoms with Crippen LogP contribution in [0.3, 0.4) is 0 Å². The molecule has 0 amide bonds. The summed E-state index contributed by atoms with van der Waals surface area (Å²) in [5.41, 5.74) is 0. The van der Waals surface area contributed by atoms with Crippen molar-refractivity contribution in [3.63, 3.8) is 0 Å². The molecule has 0 saturated carbocycles. The number of benzene rings is 1. The first kappa shape index (κ1) is 13.8. The van der Waals surface area contributed by atoms with Crippen LogP contribution in [0.1, 0.15) is 6.42 Å². The Labute approximate surface area is 103 Å². The van der Waals surface area contributed by atoms with Crippen LogP contribution >= 0.6 is 0 Å². The molecule has 0 aliphatic rings. The maximum atomic E-state index is 5.58. The number of likely N-dealkylation sites (N-methyl/N-ethyl adjacent to an activating group) is 1. The van der Waals surface area contributed by atoms with E-state index in [0.29, 0.717) is 13.2 Å². The van der Waals surface area contributed by atoms with Gasteiger partial charge in [0.05, 0.1) is 6.61 Å². The lowest BCUT2D eigenvalue weighted by Gasteiger charge is -2.09. The molecule has 1 rings (SSSR count). The van der Waals surface area contributed by atoms with E-state index in [4.69, 9.17) is 14.2 Å². The predicted molar refractivity (Wildman–Crippen MR) is 67.9 cm³/mol. The highest BCUT2D eigenvalue weighted by atomic mass is 16.5. The summed E-state index contributed by atoms with van der Waals surface area (Å²) < 4.78 is 16.1. The van der Waals surface area contributed by atoms with Crippen molar-refractivity contribution in [1.82, 2.24) is 5.32 Å². The highest BCUT2D eigenvalue weighted by molar-refractivity contribution is 5.32. The number of methoxy groups -OCH3 is 1. The molecule has 0 aromatic heterocycles. The second-order valence-corrected chi connectivity index (χ2v) is 3.62. The van der Waals surface area contributed by atoms with Gasteiger partial charge in [0.2, 0.25) is 0 Å². The van der Waals surface area contributed by atoms with Crippen LogP contribution in [0.2, 0.25) is 0 Å². The van der Waals surface area contributed by atoms with Gasteiger partial charge in [0, 0.05) is 32.7 Å². The minimum atomic E-state index is 0.656. The van der Waals surface area contributed by atoms with Crippen molar-refractivity contribution >= 4 is 0 Å². The Bertz CT molecular complexity index is 304. The zero-order valence-corrected chi connectivity index (χ0v) is 10.6. The molecule has 4 nitrogen and oxygen atoms in total. The Morgan fingerprint density at radius 2 is 1.76 bits per heavy atom. The lowest BCUT2D eigenvalue weighted by molar-refractivity contribution is 0.172. The molecular weight excluding hydrogens is 218 g/mol. The van der Waals surface area contributed by atoms with Crippen LogP contribution in [0, 0.1) is 0 Å². The predicted octanol–water partition coefficient (Wildman–Crippen LogP) is 1.70. The summed E-state index contributed by atoms with van der Waals surface area (Å²) in [7, 11) is 3.59. The van der Waals surface area contributed by atoms with Gasteiger partial charge in [0.15, 0.2) is 0 Å². The fourth-order valence-corrected chi connectivity index (χ4v) is 1.32. The molecule has 17 heavy (non-hydrogen) atoms. The van der Waals surface area contributed by atoms with E-state index < -0.39 is 0 Å². The van der Waals surface area contributed by atoms with E-state index in [0.717, 1.165) is 31.1 Å². The number of rotatable bonds is 9. The molecular formula is C13H21NO3. The van der Waals surface area contributed by atoms with E-state index in [1.54, 1.807) is 7.11 Å². The van der Waals surface area contributed by atoms with Gasteiger partial charge >= 0.3 is 0 Å². The lowest BCUT2D eigenvalue weighted by atomic mass is 10.3. The molecule has 0 aliphatic carbocycles. The maximum absolute atomic E-state index is 5.58. The van der Waals surface area contributed by atoms with Crippen LogP contribution in [0.15, 0.2) is 24.3 Å². The molecule has 0 fully saturated rings. The van der Waals surface area contributed by atoms with Crippen molar-refractivity contribution in [2.75, 3.05) is 40.5 Å². The molecule has 1 aromatic carbocycles. The molecule has 0 unspecified atom stereocenters. The average Bonchev–Trinajstić information content (AvgIpc) is 2.36. The third-order valence-electron chi connectivity index (χ3n) is 2.19. The van der Waals surface area contributed by atoms with Crippen LogP contribution in [-0.2, 0) is 4.74 Å². The van der Waals surface area contributed by atoms with Crippen molar-refractivity contribution in [3.8, 4) is 11.5 Å². The molecule has 0 spiro atoms. The van der Waals surface area contributed by atoms with E-state index in [1.165, 1.54) is 0 Å². The summed E-state index contributed by atoms with van der Waals surface area (Å²) >= 11 is 0. The third kappa shape index (κ3) is 6.14. The van der Waals surface area contributed by atoms with E-state index in [-0.39, 0.29) is 0 Å². The highest BCUT2D eigenvalue weighted by Crippen LogP contribution is 2.19. The topological polar surface area (TPSA) is 39.7 Å². The van der Waals surface area contributed by atoms with Gasteiger partial charge < -0.3 is 19.5 Å². The highest BCUT2D eigenvalue weighted by Gasteiger charge is 1.97. The summed E-state index contributed by atoms with van der Waals surface area (Å²) in [5, 5.41) is 3.03. The number of hydrogen-bond donors (Lipinski definition) is 1. The van der Waals surface area contributed by atoms with Crippen LogP contribution in [0.5, 0.6) is 11.5 Å². The van der Waals surface area contributed by atoms with Crippen LogP contribution < -0.4 is 14.8 Å². The first-order valence-corrected chi connectivity index (χ1v) is 5.86. The summed E-state index contributed by atoms with van der Waals surface area (Å²) in [6.07, 6.45) is 0.890. The van der Waals surface area contributed by atoms with Crippen molar-refractivity contribution in [2.24, 2.45) is 0 Å². The molecule has 1 aromatic rings. The molecule has 0 aliphatic heterocycles. The zero-order chi connectivity index (χ0) is 12.3. The maximum Gasteiger partial charge on any atom is 0.123 e. The molecule has 0 heterocycles. The largest absolute Gasteiger partial charge is 0.493 e. The summed E-state index contributed by atoms with van der Waals surface area (Å²) in [6.45, 7) is 2.87. The molecule has 0 bridgehead atoms. The van der Waals surface area contributed by atoms with Crippen molar-refractivity contribution in [3.05, 3.63) is 24.3 Å². The Hall–Kier alpha value is -1.26. The molecule has 0 saturated heterocycles. The Morgan fingerprint density at radius 3 is 2.41 bits per heavy atom. The molecule has 1 N–H and O–H groups in total. The van der Waals surface area contributed by atoms with Gasteiger partial charge in [-0.1, -0.05) is 6.07 Å². The second-order valence-electron chi connectivity index (χ2n) is 3.62. The number of hydrogen-bond acceptors (Lipinski definition) is 4. The normalized spacial score (nSPS) is 10.2. The number of nitrogens with one attached hydrogen (secondary N) is 1. The standard InChI is InChI=1S/C13H21NO3/c1-14-7-10-17-13-6-3-5-12(11-13)16-9-4-8-15-2/h3,5-6,11,14H,4,7-10H2,1-2H3. The van der Waals surface area contributed by atoms with Gasteiger partial charge in [-0.2, -0.15) is 0 Å². The van der Waals surface area contributed by atoms with Crippen LogP contribution in [0.25, 0.3) is 0 Å². The molecule has 96 valence electrons. The monoisotopic (exact) mass is 239 g/mol. The minimum Gasteiger partial charge on any atom is -0.493 e. The van der Waals surface area contributed by atoms with Gasteiger partial charge in [0.25, 0.3) is 0 Å². The van der Waals surface area contributed by atoms with E-state index >= 15 is 0 Å². The summed E-state index contributed by atoms with van der Waals surface area (Å²) in [6, 6.07) is 7.69. The van der Waals surface area contributed by atoms with E-state index in [9.17, 15) is 0 Å². The van der Waals surface area contributed by atoms with Crippen LogP contribution in [-0.4, -0.2) is 40.5 Å². The summed E-state index contributed by atoms with van der Waals surface area (Å²) in [4.78, 5) is 0. The van der Waals surface area contributed by atoms with E-state index in [2.05, 4.69) is 5.32 Å². The first-order valence-electron chi connectivity index (χ1n) is 5.86. The van der Waals surface area contributed by atoms with Crippen molar-refractivity contribution < 1.29 is 14.2 Å². The smallest absolute Gasteiger partial charge is 0.123 e. The summed E-state index contributed by atoms with van der Waals surface area (Å²) in [5.74, 6) is 1.67. The molecule has 0 atom stereocenters. The quantitative estimate of drug-likeness (QED) is 0.666. The second kappa shape index (κ2) is 8.84. The SMILES string of the molecule is CNCCOc1cccc(OCCCOC)c1. The van der Waals surface area contributed by atoms with Gasteiger partial charge in [-0.3, -0.25) is 0 Å². The first-order chi connectivity index (χ1) is 8.36. The third-order valence-corrected chi connectivity index (χ3v) is 2.19. The van der Waals surface area contributed by atoms with Gasteiger partial charge in [0.1, 0.15) is 18.1 Å². The Morgan fingerprint density at radius 1 is 1.06 bits per heavy atom. The lowest BCUT2D eigenvalue weighted by Crippen LogP contribution is -2.15. The van der Waals surface area contributed by atoms with E-state index in [1.807, 2.05) is 31.3 Å². The minimum absolute atomic E-state index is 0.656. The molecule has 0 radical (unpaired) electrons. The average molecular weight is 239 g/mol. The van der Waals surface area contributed by atoms with Crippen molar-refractivity contribution in [2.45, 2.75) is 6.42 Å². The fraction of sp³-hybridized carbons (Fsp3) is 0.538. The van der Waals surface area contributed by atoms with Crippen LogP contribution in [0.4, 0.5) is 0 Å². The van der Waals surface area contributed by atoms with Gasteiger partial charge in [-0.15, -0.1) is 0 Å². The van der Waals surface area contributed by atoms with Gasteiger partial charge in [-0.25, -0.2) is 0 Å². The molecule has 4 heteroatoms. The Balaban J connectivity index is 2.31. The van der Waals surface area contributed by atoms with Crippen molar-refractivity contribution in [1.29, 1.82) is 0 Å².